The molecule has 0 aromatic heterocycles. The molecule has 0 amide bonds. The quantitative estimate of drug-likeness (QED) is 0.858. The molecule has 2 aliphatic rings. The summed E-state index contributed by atoms with van der Waals surface area (Å²) in [4.78, 5) is 2.32. The number of ether oxygens (including phenoxy) is 1. The monoisotopic (exact) mass is 286 g/mol. The van der Waals surface area contributed by atoms with Gasteiger partial charge in [0, 0.05) is 44.2 Å². The van der Waals surface area contributed by atoms with Gasteiger partial charge in [0.25, 0.3) is 0 Å². The van der Waals surface area contributed by atoms with Crippen molar-refractivity contribution in [1.29, 1.82) is 0 Å². The van der Waals surface area contributed by atoms with Gasteiger partial charge in [-0.1, -0.05) is 6.07 Å². The molecule has 2 heterocycles. The summed E-state index contributed by atoms with van der Waals surface area (Å²) >= 11 is 0. The zero-order valence-corrected chi connectivity index (χ0v) is 11.0. The van der Waals surface area contributed by atoms with E-state index < -0.39 is 11.7 Å². The summed E-state index contributed by atoms with van der Waals surface area (Å²) in [6.07, 6.45) is -3.49. The molecule has 1 unspecified atom stereocenters. The molecule has 1 aromatic rings. The highest BCUT2D eigenvalue weighted by molar-refractivity contribution is 5.42. The Labute approximate surface area is 115 Å². The van der Waals surface area contributed by atoms with E-state index >= 15 is 0 Å². The van der Waals surface area contributed by atoms with Crippen molar-refractivity contribution >= 4 is 0 Å². The molecule has 20 heavy (non-hydrogen) atoms. The highest BCUT2D eigenvalue weighted by Crippen LogP contribution is 2.40. The number of hydrogen-bond acceptors (Lipinski definition) is 3. The van der Waals surface area contributed by atoms with Gasteiger partial charge in [0.05, 0.1) is 12.2 Å². The van der Waals surface area contributed by atoms with Crippen LogP contribution in [-0.4, -0.2) is 37.7 Å². The van der Waals surface area contributed by atoms with Gasteiger partial charge < -0.3 is 10.1 Å². The molecule has 0 bridgehead atoms. The van der Waals surface area contributed by atoms with Crippen molar-refractivity contribution in [1.82, 2.24) is 10.2 Å². The molecule has 3 rings (SSSR count). The Morgan fingerprint density at radius 3 is 2.65 bits per heavy atom. The van der Waals surface area contributed by atoms with E-state index in [1.165, 1.54) is 0 Å². The fourth-order valence-corrected chi connectivity index (χ4v) is 2.92. The number of benzene rings is 1. The normalized spacial score (nSPS) is 24.1. The number of fused-ring (bicyclic) bond motifs is 1. The second-order valence-corrected chi connectivity index (χ2v) is 5.19. The van der Waals surface area contributed by atoms with E-state index in [9.17, 15) is 13.2 Å². The van der Waals surface area contributed by atoms with Crippen LogP contribution in [0.1, 0.15) is 23.6 Å². The van der Waals surface area contributed by atoms with Crippen LogP contribution in [0.25, 0.3) is 0 Å². The van der Waals surface area contributed by atoms with Crippen LogP contribution in [0.2, 0.25) is 0 Å². The summed E-state index contributed by atoms with van der Waals surface area (Å²) in [7, 11) is 0. The number of alkyl halides is 3. The first-order chi connectivity index (χ1) is 9.55. The predicted octanol–water partition coefficient (Wildman–Crippen LogP) is 2.43. The van der Waals surface area contributed by atoms with E-state index in [-0.39, 0.29) is 6.04 Å². The number of hydrogen-bond donors (Lipinski definition) is 1. The van der Waals surface area contributed by atoms with Gasteiger partial charge in [-0.2, -0.15) is 13.2 Å². The van der Waals surface area contributed by atoms with Crippen LogP contribution in [0.4, 0.5) is 13.2 Å². The van der Waals surface area contributed by atoms with Gasteiger partial charge in [0.2, 0.25) is 0 Å². The second-order valence-electron chi connectivity index (χ2n) is 5.19. The lowest BCUT2D eigenvalue weighted by Gasteiger charge is -2.38. The number of piperazine rings is 1. The number of nitrogens with zero attached hydrogens (tertiary/aromatic N) is 1. The van der Waals surface area contributed by atoms with Gasteiger partial charge in [-0.3, -0.25) is 4.90 Å². The minimum Gasteiger partial charge on any atom is -0.493 e. The zero-order valence-electron chi connectivity index (χ0n) is 11.0. The average molecular weight is 286 g/mol. The van der Waals surface area contributed by atoms with E-state index in [4.69, 9.17) is 4.74 Å². The lowest BCUT2D eigenvalue weighted by molar-refractivity contribution is -0.137. The highest BCUT2D eigenvalue weighted by atomic mass is 19.4. The van der Waals surface area contributed by atoms with Gasteiger partial charge in [-0.15, -0.1) is 0 Å². The Hall–Kier alpha value is -1.27. The number of nitrogens with one attached hydrogen (secondary N) is 1. The fourth-order valence-electron chi connectivity index (χ4n) is 2.92. The van der Waals surface area contributed by atoms with Gasteiger partial charge in [-0.25, -0.2) is 0 Å². The first-order valence-electron chi connectivity index (χ1n) is 6.84. The topological polar surface area (TPSA) is 24.5 Å². The SMILES string of the molecule is FC(F)(F)c1ccc2c(c1)OCCC2N1CCNCC1. The van der Waals surface area contributed by atoms with Crippen LogP contribution in [0, 0.1) is 0 Å². The number of rotatable bonds is 1. The minimum atomic E-state index is -4.32. The van der Waals surface area contributed by atoms with Crippen molar-refractivity contribution in [2.45, 2.75) is 18.6 Å². The first kappa shape index (κ1) is 13.7. The molecular weight excluding hydrogens is 269 g/mol. The average Bonchev–Trinajstić information content (AvgIpc) is 2.46. The molecule has 0 aliphatic carbocycles. The third-order valence-corrected chi connectivity index (χ3v) is 3.94. The Morgan fingerprint density at radius 2 is 1.95 bits per heavy atom. The Morgan fingerprint density at radius 1 is 1.20 bits per heavy atom. The summed E-state index contributed by atoms with van der Waals surface area (Å²) in [6.45, 7) is 4.17. The van der Waals surface area contributed by atoms with Crippen LogP contribution >= 0.6 is 0 Å². The van der Waals surface area contributed by atoms with Crippen LogP contribution in [-0.2, 0) is 6.18 Å². The van der Waals surface area contributed by atoms with Crippen molar-refractivity contribution < 1.29 is 17.9 Å². The molecule has 1 saturated heterocycles. The van der Waals surface area contributed by atoms with Crippen LogP contribution in [0.3, 0.4) is 0 Å². The van der Waals surface area contributed by atoms with Gasteiger partial charge in [0.1, 0.15) is 5.75 Å². The van der Waals surface area contributed by atoms with Crippen molar-refractivity contribution in [2.24, 2.45) is 0 Å². The van der Waals surface area contributed by atoms with E-state index in [1.54, 1.807) is 6.07 Å². The lowest BCUT2D eigenvalue weighted by Crippen LogP contribution is -2.46. The molecule has 1 atom stereocenters. The molecule has 0 radical (unpaired) electrons. The molecular formula is C14H17F3N2O. The summed E-state index contributed by atoms with van der Waals surface area (Å²) in [5, 5.41) is 3.29. The summed E-state index contributed by atoms with van der Waals surface area (Å²) in [5.74, 6) is 0.384. The molecule has 0 spiro atoms. The van der Waals surface area contributed by atoms with Gasteiger partial charge in [0.15, 0.2) is 0 Å². The Bertz CT molecular complexity index is 484. The molecule has 3 nitrogen and oxygen atoms in total. The maximum atomic E-state index is 12.7. The third kappa shape index (κ3) is 2.62. The molecule has 1 fully saturated rings. The maximum Gasteiger partial charge on any atom is 0.416 e. The van der Waals surface area contributed by atoms with E-state index in [1.807, 2.05) is 0 Å². The van der Waals surface area contributed by atoms with Crippen molar-refractivity contribution in [3.63, 3.8) is 0 Å². The van der Waals surface area contributed by atoms with Crippen LogP contribution in [0.5, 0.6) is 5.75 Å². The second kappa shape index (κ2) is 5.26. The van der Waals surface area contributed by atoms with Crippen molar-refractivity contribution in [3.8, 4) is 5.75 Å². The van der Waals surface area contributed by atoms with Crippen LogP contribution < -0.4 is 10.1 Å². The first-order valence-corrected chi connectivity index (χ1v) is 6.84. The largest absolute Gasteiger partial charge is 0.493 e. The molecule has 2 aliphatic heterocycles. The fraction of sp³-hybridized carbons (Fsp3) is 0.571. The van der Waals surface area contributed by atoms with E-state index in [0.717, 1.165) is 50.3 Å². The maximum absolute atomic E-state index is 12.7. The smallest absolute Gasteiger partial charge is 0.416 e. The molecule has 0 saturated carbocycles. The summed E-state index contributed by atoms with van der Waals surface area (Å²) in [5.41, 5.74) is 0.239. The predicted molar refractivity (Wildman–Crippen MR) is 68.7 cm³/mol. The van der Waals surface area contributed by atoms with Crippen molar-refractivity contribution in [3.05, 3.63) is 29.3 Å². The molecule has 1 N–H and O–H groups in total. The van der Waals surface area contributed by atoms with E-state index in [2.05, 4.69) is 10.2 Å². The Kier molecular flexibility index (Phi) is 3.60. The summed E-state index contributed by atoms with van der Waals surface area (Å²) < 4.78 is 43.6. The van der Waals surface area contributed by atoms with Gasteiger partial charge in [-0.05, 0) is 12.1 Å². The van der Waals surface area contributed by atoms with Crippen LogP contribution in [0.15, 0.2) is 18.2 Å². The molecule has 6 heteroatoms. The standard InChI is InChI=1S/C14H17F3N2O/c15-14(16,17)10-1-2-11-12(3-8-20-13(11)9-10)19-6-4-18-5-7-19/h1-2,9,12,18H,3-8H2. The number of halogens is 3. The molecule has 110 valence electrons. The highest BCUT2D eigenvalue weighted by Gasteiger charge is 2.34. The van der Waals surface area contributed by atoms with Gasteiger partial charge >= 0.3 is 6.18 Å². The van der Waals surface area contributed by atoms with Crippen molar-refractivity contribution in [2.75, 3.05) is 32.8 Å². The lowest BCUT2D eigenvalue weighted by atomic mass is 9.96. The van der Waals surface area contributed by atoms with E-state index in [0.29, 0.717) is 12.4 Å². The minimum absolute atomic E-state index is 0.170. The molecule has 1 aromatic carbocycles. The third-order valence-electron chi connectivity index (χ3n) is 3.94. The Balaban J connectivity index is 1.89. The summed E-state index contributed by atoms with van der Waals surface area (Å²) in [6, 6.07) is 4.03. The zero-order chi connectivity index (χ0) is 14.2.